The number of rotatable bonds is 11. The van der Waals surface area contributed by atoms with Crippen LogP contribution in [0.4, 0.5) is 11.4 Å². The summed E-state index contributed by atoms with van der Waals surface area (Å²) in [7, 11) is -4.64. The van der Waals surface area contributed by atoms with Crippen molar-refractivity contribution in [3.05, 3.63) is 122 Å². The van der Waals surface area contributed by atoms with E-state index in [4.69, 9.17) is 21.1 Å². The van der Waals surface area contributed by atoms with Crippen LogP contribution in [0.5, 0.6) is 11.5 Å². The van der Waals surface area contributed by atoms with Crippen LogP contribution in [0.1, 0.15) is 67.3 Å². The van der Waals surface area contributed by atoms with Crippen molar-refractivity contribution in [2.24, 2.45) is 21.3 Å². The lowest BCUT2D eigenvalue weighted by atomic mass is 9.59. The number of pyridine rings is 1. The number of nitro groups is 1. The summed E-state index contributed by atoms with van der Waals surface area (Å²) >= 11 is 6.28. The second-order valence-electron chi connectivity index (χ2n) is 17.4. The number of hydrogen-bond acceptors (Lipinski definition) is 12. The second-order valence-corrected chi connectivity index (χ2v) is 19.5. The normalized spacial score (nSPS) is 20.2. The van der Waals surface area contributed by atoms with Crippen LogP contribution in [0.25, 0.3) is 16.6 Å². The van der Waals surface area contributed by atoms with Crippen LogP contribution in [0, 0.1) is 21.4 Å². The number of carbonyl (C=O) groups excluding carboxylic acids is 1. The number of amides is 1. The Bertz CT molecular complexity index is 2890. The van der Waals surface area contributed by atoms with Crippen LogP contribution in [-0.4, -0.2) is 86.2 Å². The van der Waals surface area contributed by atoms with Crippen LogP contribution < -0.4 is 25.1 Å². The van der Waals surface area contributed by atoms with Crippen molar-refractivity contribution in [3.63, 3.8) is 0 Å². The van der Waals surface area contributed by atoms with E-state index in [0.717, 1.165) is 67.7 Å². The van der Waals surface area contributed by atoms with Gasteiger partial charge in [0.05, 0.1) is 26.9 Å². The number of halogens is 1. The maximum absolute atomic E-state index is 14.0. The van der Waals surface area contributed by atoms with Crippen molar-refractivity contribution in [2.75, 3.05) is 50.8 Å². The third-order valence-corrected chi connectivity index (χ3v) is 15.1. The van der Waals surface area contributed by atoms with E-state index in [2.05, 4.69) is 46.6 Å². The number of fused-ring (bicyclic) bond motifs is 2. The number of nitrogens with zero attached hydrogens (tertiary/aromatic N) is 6. The summed E-state index contributed by atoms with van der Waals surface area (Å²) in [5.74, 6) is -0.489. The molecule has 10 rings (SSSR count). The third-order valence-electron chi connectivity index (χ3n) is 13.5. The average molecular weight is 891 g/mol. The van der Waals surface area contributed by atoms with Crippen LogP contribution in [0.15, 0.2) is 99.6 Å². The fraction of sp³-hybridized carbons (Fsp3) is 0.391. The van der Waals surface area contributed by atoms with Crippen LogP contribution in [-0.2, 0) is 14.8 Å². The molecule has 1 amide bonds. The number of ether oxygens (including phenoxy) is 2. The molecule has 3 aromatic carbocycles. The highest BCUT2D eigenvalue weighted by Gasteiger charge is 2.41. The molecule has 326 valence electrons. The average Bonchev–Trinajstić information content (AvgIpc) is 3.94. The monoisotopic (exact) mass is 890 g/mol. The Hall–Kier alpha value is -5.68. The summed E-state index contributed by atoms with van der Waals surface area (Å²) in [4.78, 5) is 46.4. The number of H-pyrrole nitrogens is 1. The molecule has 1 saturated carbocycles. The van der Waals surface area contributed by atoms with E-state index in [9.17, 15) is 23.3 Å². The molecule has 2 aromatic heterocycles. The third kappa shape index (κ3) is 8.44. The summed E-state index contributed by atoms with van der Waals surface area (Å²) in [6, 6.07) is 19.1. The molecule has 15 nitrogen and oxygen atoms in total. The van der Waals surface area contributed by atoms with Crippen molar-refractivity contribution >= 4 is 55.5 Å². The molecule has 0 radical (unpaired) electrons. The molecule has 2 aliphatic carbocycles. The minimum absolute atomic E-state index is 0.0108. The molecule has 5 aliphatic rings. The lowest BCUT2D eigenvalue weighted by Crippen LogP contribution is -2.47. The Morgan fingerprint density at radius 1 is 1.00 bits per heavy atom. The predicted molar refractivity (Wildman–Crippen MR) is 237 cm³/mol. The lowest BCUT2D eigenvalue weighted by Gasteiger charge is -2.47. The number of benzene rings is 3. The number of allylic oxidation sites excluding steroid dienone is 1. The molecule has 0 bridgehead atoms. The number of aromatic amines is 1. The Balaban J connectivity index is 0.895. The van der Waals surface area contributed by atoms with Gasteiger partial charge in [0.15, 0.2) is 5.36 Å². The quantitative estimate of drug-likeness (QED) is 0.104. The molecule has 1 spiro atoms. The van der Waals surface area contributed by atoms with E-state index in [-0.39, 0.29) is 27.9 Å². The summed E-state index contributed by atoms with van der Waals surface area (Å²) in [6.45, 7) is 5.09. The minimum atomic E-state index is -4.64. The van der Waals surface area contributed by atoms with Gasteiger partial charge in [0.25, 0.3) is 21.6 Å². The first-order valence-electron chi connectivity index (χ1n) is 21.6. The van der Waals surface area contributed by atoms with Crippen molar-refractivity contribution in [2.45, 2.75) is 62.4 Å². The van der Waals surface area contributed by atoms with Gasteiger partial charge in [-0.1, -0.05) is 35.7 Å². The zero-order valence-electron chi connectivity index (χ0n) is 34.6. The number of nitrogens with one attached hydrogen (secondary N) is 2. The van der Waals surface area contributed by atoms with Gasteiger partial charge in [0.2, 0.25) is 0 Å². The molecule has 2 N–H and O–H groups in total. The maximum Gasteiger partial charge on any atom is 0.298 e. The van der Waals surface area contributed by atoms with Crippen molar-refractivity contribution in [1.29, 1.82) is 0 Å². The summed E-state index contributed by atoms with van der Waals surface area (Å²) in [5.41, 5.74) is 5.62. The van der Waals surface area contributed by atoms with Gasteiger partial charge in [0.1, 0.15) is 23.3 Å². The standard InChI is InChI=1S/C46H47ClN8O7S/c47-33-4-2-29(3-5-33)38-26-46(12-1-13-46)14-8-32(38)28-53-16-18-54(19-17-53)34-6-7-37(41(23-34)62-35-22-31-9-15-48-43(31)49-27-35)45(56)52-63(59,60)36-24-39-42(40(25-36)55(57)58)51-44(50-39)30-10-20-61-21-11-30/h2-7,9,15,22-25,27,30,44H,1,8,10-14,16-21,26,28H2,(H,48,49)(H,52,56). The first-order chi connectivity index (χ1) is 30.5. The summed E-state index contributed by atoms with van der Waals surface area (Å²) in [5, 5.41) is 13.8. The Kier molecular flexibility index (Phi) is 11.0. The van der Waals surface area contributed by atoms with E-state index in [1.165, 1.54) is 54.7 Å². The number of hydrogen-bond donors (Lipinski definition) is 2. The molecule has 1 atom stereocenters. The van der Waals surface area contributed by atoms with Crippen LogP contribution in [0.2, 0.25) is 5.02 Å². The number of sulfonamides is 1. The number of anilines is 1. The van der Waals surface area contributed by atoms with E-state index in [1.54, 1.807) is 30.5 Å². The highest BCUT2D eigenvalue weighted by Crippen LogP contribution is 2.55. The Morgan fingerprint density at radius 2 is 1.79 bits per heavy atom. The lowest BCUT2D eigenvalue weighted by molar-refractivity contribution is -0.386. The van der Waals surface area contributed by atoms with Gasteiger partial charge >= 0.3 is 0 Å². The first kappa shape index (κ1) is 41.3. The summed E-state index contributed by atoms with van der Waals surface area (Å²) < 4.78 is 41.7. The molecule has 2 saturated heterocycles. The SMILES string of the molecule is O=C(NS(=O)(=O)c1cc([N+](=O)[O-])c2c(c1)=NC(C1CCOCC1)N=2)c1ccc(N2CCN(CC3=C(c4ccc(Cl)cc4)CC4(CCC4)CC3)CC2)cc1Oc1cnc2[nH]ccc2c1. The highest BCUT2D eigenvalue weighted by atomic mass is 35.5. The molecule has 3 fully saturated rings. The number of nitro benzene ring substituents is 1. The molecule has 5 heterocycles. The highest BCUT2D eigenvalue weighted by molar-refractivity contribution is 7.90. The molecule has 17 heteroatoms. The fourth-order valence-corrected chi connectivity index (χ4v) is 10.9. The van der Waals surface area contributed by atoms with Crippen molar-refractivity contribution in [3.8, 4) is 11.5 Å². The molecular formula is C46H47ClN8O7S. The van der Waals surface area contributed by atoms with E-state index in [0.29, 0.717) is 42.9 Å². The maximum atomic E-state index is 14.0. The van der Waals surface area contributed by atoms with Gasteiger partial charge in [-0.25, -0.2) is 23.1 Å². The molecule has 1 unspecified atom stereocenters. The van der Waals surface area contributed by atoms with E-state index < -0.39 is 37.6 Å². The smallest absolute Gasteiger partial charge is 0.298 e. The van der Waals surface area contributed by atoms with Gasteiger partial charge in [-0.15, -0.1) is 0 Å². The molecule has 3 aliphatic heterocycles. The Labute approximate surface area is 369 Å². The predicted octanol–water partition coefficient (Wildman–Crippen LogP) is 6.97. The number of aromatic nitrogens is 2. The Morgan fingerprint density at radius 3 is 2.54 bits per heavy atom. The number of non-ortho nitro benzene ring substituents is 1. The first-order valence-corrected chi connectivity index (χ1v) is 23.4. The molecular weight excluding hydrogens is 844 g/mol. The van der Waals surface area contributed by atoms with E-state index in [1.807, 2.05) is 18.2 Å². The van der Waals surface area contributed by atoms with Crippen molar-refractivity contribution in [1.82, 2.24) is 19.6 Å². The van der Waals surface area contributed by atoms with Gasteiger partial charge in [-0.3, -0.25) is 24.8 Å². The minimum Gasteiger partial charge on any atom is -0.455 e. The zero-order chi connectivity index (χ0) is 43.3. The van der Waals surface area contributed by atoms with Gasteiger partial charge < -0.3 is 19.4 Å². The van der Waals surface area contributed by atoms with Crippen LogP contribution in [0.3, 0.4) is 0 Å². The second kappa shape index (κ2) is 16.8. The van der Waals surface area contributed by atoms with Crippen molar-refractivity contribution < 1.29 is 27.6 Å². The number of piperazine rings is 1. The number of carbonyl (C=O) groups is 1. The topological polar surface area (TPSA) is 185 Å². The van der Waals surface area contributed by atoms with Gasteiger partial charge in [-0.05, 0) is 104 Å². The largest absolute Gasteiger partial charge is 0.455 e. The van der Waals surface area contributed by atoms with Crippen LogP contribution >= 0.6 is 11.6 Å². The van der Waals surface area contributed by atoms with Gasteiger partial charge in [-0.2, -0.15) is 0 Å². The fourth-order valence-electron chi connectivity index (χ4n) is 9.78. The van der Waals surface area contributed by atoms with E-state index >= 15 is 0 Å². The zero-order valence-corrected chi connectivity index (χ0v) is 36.2. The summed E-state index contributed by atoms with van der Waals surface area (Å²) in [6.07, 6.45) is 11.5. The molecule has 63 heavy (non-hydrogen) atoms. The molecule has 5 aromatic rings. The van der Waals surface area contributed by atoms with Gasteiger partial charge in [0, 0.05) is 86.3 Å².